The molecule has 22 heavy (non-hydrogen) atoms. The van der Waals surface area contributed by atoms with E-state index in [4.69, 9.17) is 19.4 Å². The fourth-order valence-corrected chi connectivity index (χ4v) is 2.01. The number of anilines is 1. The Hall–Kier alpha value is -2.02. The molecule has 0 saturated carbocycles. The Bertz CT molecular complexity index is 596. The van der Waals surface area contributed by atoms with Gasteiger partial charge >= 0.3 is 0 Å². The van der Waals surface area contributed by atoms with Gasteiger partial charge in [0.2, 0.25) is 0 Å². The second kappa shape index (κ2) is 7.84. The number of hydrogen-bond donors (Lipinski definition) is 4. The first-order valence-electron chi connectivity index (χ1n) is 7.17. The lowest BCUT2D eigenvalue weighted by atomic mass is 10.1. The lowest BCUT2D eigenvalue weighted by Gasteiger charge is -2.15. The summed E-state index contributed by atoms with van der Waals surface area (Å²) < 4.78 is 11.1. The average Bonchev–Trinajstić information content (AvgIpc) is 3.02. The molecular weight excluding hydrogens is 286 g/mol. The van der Waals surface area contributed by atoms with E-state index in [-0.39, 0.29) is 19.8 Å². The van der Waals surface area contributed by atoms with Crippen LogP contribution in [0.1, 0.15) is 12.7 Å². The molecule has 0 aliphatic carbocycles. The summed E-state index contributed by atoms with van der Waals surface area (Å²) in [4.78, 5) is 0. The molecule has 0 bridgehead atoms. The van der Waals surface area contributed by atoms with Crippen molar-refractivity contribution in [2.24, 2.45) is 0 Å². The number of rotatable bonds is 8. The largest absolute Gasteiger partial charge is 0.492 e. The van der Waals surface area contributed by atoms with Gasteiger partial charge in [-0.2, -0.15) is 0 Å². The molecule has 2 aromatic rings. The molecule has 6 nitrogen and oxygen atoms in total. The van der Waals surface area contributed by atoms with Crippen molar-refractivity contribution in [1.82, 2.24) is 0 Å². The maximum absolute atomic E-state index is 9.46. The summed E-state index contributed by atoms with van der Waals surface area (Å²) in [7, 11) is 0. The van der Waals surface area contributed by atoms with Crippen molar-refractivity contribution in [2.75, 3.05) is 25.1 Å². The summed E-state index contributed by atoms with van der Waals surface area (Å²) in [5, 5.41) is 30.5. The number of hydrogen-bond acceptors (Lipinski definition) is 6. The van der Waals surface area contributed by atoms with E-state index >= 15 is 0 Å². The number of furan rings is 1. The van der Waals surface area contributed by atoms with Gasteiger partial charge in [-0.15, -0.1) is 0 Å². The Labute approximate surface area is 129 Å². The van der Waals surface area contributed by atoms with Gasteiger partial charge in [-0.05, 0) is 37.3 Å². The van der Waals surface area contributed by atoms with Crippen molar-refractivity contribution in [2.45, 2.75) is 19.6 Å². The highest BCUT2D eigenvalue weighted by Gasteiger charge is 2.11. The van der Waals surface area contributed by atoms with Crippen LogP contribution in [0.5, 0.6) is 5.75 Å². The summed E-state index contributed by atoms with van der Waals surface area (Å²) in [5.74, 6) is 1.79. The van der Waals surface area contributed by atoms with Crippen molar-refractivity contribution in [3.8, 4) is 17.1 Å². The van der Waals surface area contributed by atoms with Crippen molar-refractivity contribution in [1.29, 1.82) is 0 Å². The van der Waals surface area contributed by atoms with Gasteiger partial charge in [-0.25, -0.2) is 0 Å². The summed E-state index contributed by atoms with van der Waals surface area (Å²) in [5.41, 5.74) is 1.53. The minimum Gasteiger partial charge on any atom is -0.492 e. The quantitative estimate of drug-likeness (QED) is 0.592. The SMILES string of the molecule is CCOc1ccc(-c2ccc(CO)o2)cc1NCC(O)CO. The second-order valence-corrected chi connectivity index (χ2v) is 4.79. The highest BCUT2D eigenvalue weighted by atomic mass is 16.5. The van der Waals surface area contributed by atoms with Crippen LogP contribution in [0.2, 0.25) is 0 Å². The van der Waals surface area contributed by atoms with Gasteiger partial charge in [0.15, 0.2) is 0 Å². The van der Waals surface area contributed by atoms with Crippen LogP contribution >= 0.6 is 0 Å². The maximum atomic E-state index is 9.46. The van der Waals surface area contributed by atoms with Crippen molar-refractivity contribution in [3.05, 3.63) is 36.1 Å². The van der Waals surface area contributed by atoms with E-state index < -0.39 is 6.10 Å². The van der Waals surface area contributed by atoms with Crippen molar-refractivity contribution in [3.63, 3.8) is 0 Å². The molecule has 0 aliphatic rings. The molecule has 1 aromatic carbocycles. The maximum Gasteiger partial charge on any atom is 0.142 e. The van der Waals surface area contributed by atoms with Crippen molar-refractivity contribution >= 4 is 5.69 Å². The Morgan fingerprint density at radius 2 is 2.05 bits per heavy atom. The van der Waals surface area contributed by atoms with Gasteiger partial charge in [0.1, 0.15) is 23.9 Å². The first-order valence-corrected chi connectivity index (χ1v) is 7.17. The molecular formula is C16H21NO5. The topological polar surface area (TPSA) is 95.1 Å². The van der Waals surface area contributed by atoms with E-state index in [0.29, 0.717) is 29.6 Å². The molecule has 1 aromatic heterocycles. The van der Waals surface area contributed by atoms with E-state index in [9.17, 15) is 5.11 Å². The first-order chi connectivity index (χ1) is 10.7. The molecule has 120 valence electrons. The molecule has 4 N–H and O–H groups in total. The van der Waals surface area contributed by atoms with Gasteiger partial charge in [-0.1, -0.05) is 0 Å². The standard InChI is InChI=1S/C16H21NO5/c1-2-21-16-5-3-11(15-6-4-13(10-19)22-15)7-14(16)17-8-12(20)9-18/h3-7,12,17-20H,2,8-10H2,1H3. The third-order valence-corrected chi connectivity index (χ3v) is 3.12. The summed E-state index contributed by atoms with van der Waals surface area (Å²) >= 11 is 0. The molecule has 1 unspecified atom stereocenters. The predicted octanol–water partition coefficient (Wildman–Crippen LogP) is 1.60. The minimum atomic E-state index is -0.845. The third kappa shape index (κ3) is 4.00. The Morgan fingerprint density at radius 3 is 2.68 bits per heavy atom. The summed E-state index contributed by atoms with van der Waals surface area (Å²) in [6.07, 6.45) is -0.845. The van der Waals surface area contributed by atoms with Crippen LogP contribution in [0, 0.1) is 0 Å². The van der Waals surface area contributed by atoms with Crippen LogP contribution in [0.15, 0.2) is 34.7 Å². The number of aliphatic hydroxyl groups excluding tert-OH is 3. The van der Waals surface area contributed by atoms with Gasteiger partial charge < -0.3 is 29.8 Å². The van der Waals surface area contributed by atoms with Crippen LogP contribution < -0.4 is 10.1 Å². The first kappa shape index (κ1) is 16.4. The van der Waals surface area contributed by atoms with E-state index in [1.807, 2.05) is 25.1 Å². The molecule has 0 aliphatic heterocycles. The molecule has 0 amide bonds. The number of ether oxygens (including phenoxy) is 1. The lowest BCUT2D eigenvalue weighted by Crippen LogP contribution is -2.23. The Morgan fingerprint density at radius 1 is 1.23 bits per heavy atom. The molecule has 1 atom stereocenters. The van der Waals surface area contributed by atoms with Crippen LogP contribution in [0.25, 0.3) is 11.3 Å². The number of aliphatic hydroxyl groups is 3. The second-order valence-electron chi connectivity index (χ2n) is 4.79. The average molecular weight is 307 g/mol. The number of nitrogens with one attached hydrogen (secondary N) is 1. The van der Waals surface area contributed by atoms with Gasteiger partial charge in [0.05, 0.1) is 25.0 Å². The van der Waals surface area contributed by atoms with E-state index in [0.717, 1.165) is 5.56 Å². The highest BCUT2D eigenvalue weighted by molar-refractivity contribution is 5.69. The monoisotopic (exact) mass is 307 g/mol. The number of benzene rings is 1. The van der Waals surface area contributed by atoms with Crippen LogP contribution in [-0.4, -0.2) is 41.2 Å². The van der Waals surface area contributed by atoms with Gasteiger partial charge in [0, 0.05) is 12.1 Å². The van der Waals surface area contributed by atoms with Crippen molar-refractivity contribution < 1.29 is 24.5 Å². The zero-order valence-corrected chi connectivity index (χ0v) is 12.5. The van der Waals surface area contributed by atoms with Crippen LogP contribution in [-0.2, 0) is 6.61 Å². The molecule has 0 saturated heterocycles. The van der Waals surface area contributed by atoms with E-state index in [1.165, 1.54) is 0 Å². The zero-order chi connectivity index (χ0) is 15.9. The fourth-order valence-electron chi connectivity index (χ4n) is 2.01. The molecule has 0 radical (unpaired) electrons. The van der Waals surface area contributed by atoms with Crippen LogP contribution in [0.4, 0.5) is 5.69 Å². The minimum absolute atomic E-state index is 0.148. The third-order valence-electron chi connectivity index (χ3n) is 3.12. The Balaban J connectivity index is 2.25. The zero-order valence-electron chi connectivity index (χ0n) is 12.5. The molecule has 2 rings (SSSR count). The highest BCUT2D eigenvalue weighted by Crippen LogP contribution is 2.31. The normalized spacial score (nSPS) is 12.2. The summed E-state index contributed by atoms with van der Waals surface area (Å²) in [6, 6.07) is 9.02. The van der Waals surface area contributed by atoms with Crippen LogP contribution in [0.3, 0.4) is 0 Å². The lowest BCUT2D eigenvalue weighted by molar-refractivity contribution is 0.105. The molecule has 0 spiro atoms. The predicted molar refractivity (Wildman–Crippen MR) is 82.8 cm³/mol. The van der Waals surface area contributed by atoms with Gasteiger partial charge in [-0.3, -0.25) is 0 Å². The summed E-state index contributed by atoms with van der Waals surface area (Å²) in [6.45, 7) is 2.16. The molecule has 0 fully saturated rings. The fraction of sp³-hybridized carbons (Fsp3) is 0.375. The van der Waals surface area contributed by atoms with E-state index in [1.54, 1.807) is 12.1 Å². The molecule has 1 heterocycles. The smallest absolute Gasteiger partial charge is 0.142 e. The molecule has 6 heteroatoms. The van der Waals surface area contributed by atoms with E-state index in [2.05, 4.69) is 5.32 Å². The van der Waals surface area contributed by atoms with Gasteiger partial charge in [0.25, 0.3) is 0 Å². The Kier molecular flexibility index (Phi) is 5.83.